The van der Waals surface area contributed by atoms with Gasteiger partial charge in [-0.1, -0.05) is 31.9 Å². The Labute approximate surface area is 200 Å². The van der Waals surface area contributed by atoms with E-state index in [4.69, 9.17) is 9.47 Å². The molecule has 7 heteroatoms. The number of ether oxygens (including phenoxy) is 2. The maximum Gasteiger partial charge on any atom is 0.338 e. The van der Waals surface area contributed by atoms with Crippen LogP contribution >= 0.6 is 0 Å². The topological polar surface area (TPSA) is 90.0 Å². The molecule has 0 radical (unpaired) electrons. The van der Waals surface area contributed by atoms with Gasteiger partial charge >= 0.3 is 11.9 Å². The first-order chi connectivity index (χ1) is 16.3. The number of hydrogen-bond acceptors (Lipinski definition) is 6. The molecule has 3 rings (SSSR count). The van der Waals surface area contributed by atoms with Crippen LogP contribution in [0.2, 0.25) is 0 Å². The largest absolute Gasteiger partial charge is 0.462 e. The lowest BCUT2D eigenvalue weighted by Gasteiger charge is -2.17. The highest BCUT2D eigenvalue weighted by molar-refractivity contribution is 6.01. The molecule has 0 N–H and O–H groups in total. The molecule has 2 aromatic carbocycles. The van der Waals surface area contributed by atoms with Gasteiger partial charge in [0.2, 0.25) is 5.91 Å². The predicted molar refractivity (Wildman–Crippen MR) is 128 cm³/mol. The Balaban J connectivity index is 1.52. The second-order valence-electron chi connectivity index (χ2n) is 8.63. The van der Waals surface area contributed by atoms with Crippen LogP contribution in [0.1, 0.15) is 64.4 Å². The van der Waals surface area contributed by atoms with E-state index in [1.807, 2.05) is 19.9 Å². The van der Waals surface area contributed by atoms with E-state index in [2.05, 4.69) is 6.92 Å². The molecule has 1 heterocycles. The minimum atomic E-state index is -0.650. The number of unbranched alkanes of at least 4 members (excludes halogenated alkanes) is 2. The number of benzene rings is 2. The maximum absolute atomic E-state index is 12.5. The van der Waals surface area contributed by atoms with Gasteiger partial charge in [0.1, 0.15) is 0 Å². The van der Waals surface area contributed by atoms with E-state index in [1.165, 1.54) is 4.90 Å². The van der Waals surface area contributed by atoms with Crippen molar-refractivity contribution in [3.63, 3.8) is 0 Å². The summed E-state index contributed by atoms with van der Waals surface area (Å²) < 4.78 is 10.5. The molecule has 34 heavy (non-hydrogen) atoms. The molecule has 1 aliphatic heterocycles. The third-order valence-electron chi connectivity index (χ3n) is 6.03. The minimum Gasteiger partial charge on any atom is -0.462 e. The summed E-state index contributed by atoms with van der Waals surface area (Å²) in [4.78, 5) is 51.0. The normalized spacial score (nSPS) is 15.3. The number of anilines is 1. The zero-order chi connectivity index (χ0) is 24.7. The lowest BCUT2D eigenvalue weighted by molar-refractivity contribution is -0.147. The number of rotatable bonds is 10. The number of ketones is 1. The van der Waals surface area contributed by atoms with E-state index in [-0.39, 0.29) is 31.3 Å². The minimum absolute atomic E-state index is 0.0118. The fourth-order valence-electron chi connectivity index (χ4n) is 3.75. The SMILES string of the molecule is CCCCCOC(=O)c1ccc(N2C[C@H](C(=O)OCC(=O)c3ccc(C)c(C)c3)CC2=O)cc1. The van der Waals surface area contributed by atoms with Crippen molar-refractivity contribution in [2.75, 3.05) is 24.7 Å². The fraction of sp³-hybridized carbons (Fsp3) is 0.407. The van der Waals surface area contributed by atoms with Gasteiger partial charge in [0.25, 0.3) is 0 Å². The molecule has 1 amide bonds. The van der Waals surface area contributed by atoms with Crippen molar-refractivity contribution in [1.82, 2.24) is 0 Å². The van der Waals surface area contributed by atoms with E-state index in [0.717, 1.165) is 30.4 Å². The molecule has 1 aliphatic rings. The highest BCUT2D eigenvalue weighted by Gasteiger charge is 2.36. The number of esters is 2. The second kappa shape index (κ2) is 11.6. The number of carbonyl (C=O) groups is 4. The summed E-state index contributed by atoms with van der Waals surface area (Å²) >= 11 is 0. The Bertz CT molecular complexity index is 1060. The van der Waals surface area contributed by atoms with Crippen molar-refractivity contribution in [1.29, 1.82) is 0 Å². The third-order valence-corrected chi connectivity index (χ3v) is 6.03. The first-order valence-electron chi connectivity index (χ1n) is 11.6. The van der Waals surface area contributed by atoms with Crippen molar-refractivity contribution >= 4 is 29.3 Å². The van der Waals surface area contributed by atoms with Crippen LogP contribution < -0.4 is 4.90 Å². The summed E-state index contributed by atoms with van der Waals surface area (Å²) in [6.45, 7) is 6.14. The number of hydrogen-bond donors (Lipinski definition) is 0. The molecule has 0 aromatic heterocycles. The Kier molecular flexibility index (Phi) is 8.57. The summed E-state index contributed by atoms with van der Waals surface area (Å²) in [6, 6.07) is 11.9. The molecule has 1 atom stereocenters. The third kappa shape index (κ3) is 6.31. The fourth-order valence-corrected chi connectivity index (χ4v) is 3.75. The van der Waals surface area contributed by atoms with Gasteiger partial charge in [-0.25, -0.2) is 4.79 Å². The molecule has 2 aromatic rings. The number of Topliss-reactive ketones (excluding diaryl/α,β-unsaturated/α-hetero) is 1. The van der Waals surface area contributed by atoms with Crippen LogP contribution in [-0.4, -0.2) is 43.4 Å². The second-order valence-corrected chi connectivity index (χ2v) is 8.63. The number of nitrogens with zero attached hydrogens (tertiary/aromatic N) is 1. The van der Waals surface area contributed by atoms with Crippen molar-refractivity contribution in [3.05, 3.63) is 64.7 Å². The van der Waals surface area contributed by atoms with Crippen LogP contribution in [0.15, 0.2) is 42.5 Å². The Morgan fingerprint density at radius 2 is 1.65 bits per heavy atom. The molecule has 1 saturated heterocycles. The molecule has 0 saturated carbocycles. The van der Waals surface area contributed by atoms with Crippen LogP contribution in [0.5, 0.6) is 0 Å². The van der Waals surface area contributed by atoms with Gasteiger partial charge in [0, 0.05) is 24.2 Å². The molecule has 0 spiro atoms. The smallest absolute Gasteiger partial charge is 0.338 e. The summed E-state index contributed by atoms with van der Waals surface area (Å²) in [7, 11) is 0. The van der Waals surface area contributed by atoms with E-state index in [0.29, 0.717) is 23.4 Å². The zero-order valence-electron chi connectivity index (χ0n) is 20.0. The zero-order valence-corrected chi connectivity index (χ0v) is 20.0. The van der Waals surface area contributed by atoms with Gasteiger partial charge in [-0.2, -0.15) is 0 Å². The molecular formula is C27H31NO6. The number of carbonyl (C=O) groups excluding carboxylic acids is 4. The highest BCUT2D eigenvalue weighted by atomic mass is 16.5. The molecule has 0 unspecified atom stereocenters. The lowest BCUT2D eigenvalue weighted by Crippen LogP contribution is -2.27. The Hall–Kier alpha value is -3.48. The summed E-state index contributed by atoms with van der Waals surface area (Å²) in [5, 5.41) is 0. The standard InChI is InChI=1S/C27H31NO6/c1-4-5-6-13-33-26(31)20-9-11-23(12-10-20)28-16-22(15-25(28)30)27(32)34-17-24(29)21-8-7-18(2)19(3)14-21/h7-12,14,22H,4-6,13,15-17H2,1-3H3/t22-/m1/s1. The van der Waals surface area contributed by atoms with Crippen molar-refractivity contribution in [3.8, 4) is 0 Å². The van der Waals surface area contributed by atoms with Gasteiger partial charge < -0.3 is 14.4 Å². The van der Waals surface area contributed by atoms with Crippen molar-refractivity contribution in [2.24, 2.45) is 5.92 Å². The van der Waals surface area contributed by atoms with Crippen LogP contribution in [0.25, 0.3) is 0 Å². The summed E-state index contributed by atoms with van der Waals surface area (Å²) in [6.07, 6.45) is 2.90. The van der Waals surface area contributed by atoms with Gasteiger partial charge in [-0.3, -0.25) is 14.4 Å². The van der Waals surface area contributed by atoms with Crippen molar-refractivity contribution < 1.29 is 28.7 Å². The van der Waals surface area contributed by atoms with Gasteiger partial charge in [-0.05, 0) is 61.7 Å². The first kappa shape index (κ1) is 25.1. The molecule has 180 valence electrons. The maximum atomic E-state index is 12.5. The van der Waals surface area contributed by atoms with Crippen molar-refractivity contribution in [2.45, 2.75) is 46.5 Å². The summed E-state index contributed by atoms with van der Waals surface area (Å²) in [5.74, 6) is -2.11. The van der Waals surface area contributed by atoms with Gasteiger partial charge in [-0.15, -0.1) is 0 Å². The van der Waals surface area contributed by atoms with E-state index >= 15 is 0 Å². The van der Waals surface area contributed by atoms with E-state index in [1.54, 1.807) is 36.4 Å². The van der Waals surface area contributed by atoms with Gasteiger partial charge in [0.15, 0.2) is 12.4 Å². The summed E-state index contributed by atoms with van der Waals surface area (Å²) in [5.41, 5.74) is 3.56. The van der Waals surface area contributed by atoms with Crippen LogP contribution in [0.3, 0.4) is 0 Å². The van der Waals surface area contributed by atoms with Crippen LogP contribution in [0, 0.1) is 19.8 Å². The first-order valence-corrected chi connectivity index (χ1v) is 11.6. The van der Waals surface area contributed by atoms with Crippen LogP contribution in [0.4, 0.5) is 5.69 Å². The average molecular weight is 466 g/mol. The molecule has 1 fully saturated rings. The van der Waals surface area contributed by atoms with E-state index < -0.39 is 17.9 Å². The molecule has 0 bridgehead atoms. The predicted octanol–water partition coefficient (Wildman–Crippen LogP) is 4.43. The quantitative estimate of drug-likeness (QED) is 0.293. The Morgan fingerprint density at radius 3 is 2.32 bits per heavy atom. The van der Waals surface area contributed by atoms with Gasteiger partial charge in [0.05, 0.1) is 18.1 Å². The molecule has 0 aliphatic carbocycles. The van der Waals surface area contributed by atoms with Crippen LogP contribution in [-0.2, 0) is 19.1 Å². The molecular weight excluding hydrogens is 434 g/mol. The number of aryl methyl sites for hydroxylation is 2. The highest BCUT2D eigenvalue weighted by Crippen LogP contribution is 2.26. The number of amides is 1. The monoisotopic (exact) mass is 465 g/mol. The Morgan fingerprint density at radius 1 is 0.941 bits per heavy atom. The van der Waals surface area contributed by atoms with E-state index in [9.17, 15) is 19.2 Å². The lowest BCUT2D eigenvalue weighted by atomic mass is 10.0. The average Bonchev–Trinajstić information content (AvgIpc) is 3.23. The molecule has 7 nitrogen and oxygen atoms in total.